The van der Waals surface area contributed by atoms with Gasteiger partial charge in [0.1, 0.15) is 0 Å². The lowest BCUT2D eigenvalue weighted by atomic mass is 9.99. The minimum atomic E-state index is -0.344. The summed E-state index contributed by atoms with van der Waals surface area (Å²) < 4.78 is 0. The first-order valence-corrected chi connectivity index (χ1v) is 8.10. The van der Waals surface area contributed by atoms with Gasteiger partial charge in [-0.15, -0.1) is 0 Å². The lowest BCUT2D eigenvalue weighted by molar-refractivity contribution is 0.0786. The summed E-state index contributed by atoms with van der Waals surface area (Å²) in [6.07, 6.45) is 0.696. The van der Waals surface area contributed by atoms with Crippen molar-refractivity contribution in [3.05, 3.63) is 70.8 Å². The third kappa shape index (κ3) is 2.81. The van der Waals surface area contributed by atoms with Crippen LogP contribution in [0, 0.1) is 12.8 Å². The van der Waals surface area contributed by atoms with Crippen molar-refractivity contribution in [3.8, 4) is 0 Å². The van der Waals surface area contributed by atoms with E-state index in [1.807, 2.05) is 6.07 Å². The van der Waals surface area contributed by atoms with E-state index in [-0.39, 0.29) is 12.0 Å². The molecule has 2 aromatic rings. The number of nitrogens with zero attached hydrogens (tertiary/aromatic N) is 1. The van der Waals surface area contributed by atoms with Crippen LogP contribution >= 0.6 is 0 Å². The van der Waals surface area contributed by atoms with Gasteiger partial charge in [0.2, 0.25) is 0 Å². The molecule has 0 aromatic heterocycles. The summed E-state index contributed by atoms with van der Waals surface area (Å²) in [4.78, 5) is 2.39. The lowest BCUT2D eigenvalue weighted by Crippen LogP contribution is -2.29. The van der Waals surface area contributed by atoms with Gasteiger partial charge in [0.15, 0.2) is 0 Å². The van der Waals surface area contributed by atoms with Crippen LogP contribution in [0.3, 0.4) is 0 Å². The second-order valence-corrected chi connectivity index (χ2v) is 6.59. The highest BCUT2D eigenvalue weighted by Gasteiger charge is 2.38. The largest absolute Gasteiger partial charge is 0.388 e. The van der Waals surface area contributed by atoms with Crippen LogP contribution in [0.15, 0.2) is 48.5 Å². The van der Waals surface area contributed by atoms with Crippen LogP contribution in [-0.4, -0.2) is 23.6 Å². The first-order valence-electron chi connectivity index (χ1n) is 8.10. The predicted octanol–water partition coefficient (Wildman–Crippen LogP) is 3.89. The number of fused-ring (bicyclic) bond motifs is 1. The summed E-state index contributed by atoms with van der Waals surface area (Å²) >= 11 is 0. The van der Waals surface area contributed by atoms with Crippen LogP contribution in [-0.2, 0) is 6.42 Å². The maximum absolute atomic E-state index is 10.5. The zero-order chi connectivity index (χ0) is 15.7. The summed E-state index contributed by atoms with van der Waals surface area (Å²) in [7, 11) is 2.17. The molecule has 2 heteroatoms. The molecule has 3 unspecified atom stereocenters. The molecule has 2 aromatic carbocycles. The van der Waals surface area contributed by atoms with Crippen LogP contribution < -0.4 is 0 Å². The molecule has 0 amide bonds. The summed E-state index contributed by atoms with van der Waals surface area (Å²) in [5.74, 6) is 0.236. The van der Waals surface area contributed by atoms with Crippen molar-refractivity contribution >= 4 is 0 Å². The van der Waals surface area contributed by atoms with E-state index < -0.39 is 0 Å². The van der Waals surface area contributed by atoms with Gasteiger partial charge in [-0.25, -0.2) is 0 Å². The SMILES string of the molecule is Cc1ccc(CCN(C)C2c3ccccc3C(O)C2C)cc1. The first kappa shape index (κ1) is 15.3. The highest BCUT2D eigenvalue weighted by molar-refractivity contribution is 5.37. The molecule has 116 valence electrons. The summed E-state index contributed by atoms with van der Waals surface area (Å²) in [5, 5.41) is 10.5. The molecule has 0 saturated heterocycles. The Morgan fingerprint density at radius 1 is 1.00 bits per heavy atom. The molecule has 0 bridgehead atoms. The number of hydrogen-bond donors (Lipinski definition) is 1. The molecule has 3 rings (SSSR count). The molecule has 1 aliphatic carbocycles. The minimum Gasteiger partial charge on any atom is -0.388 e. The molecule has 0 radical (unpaired) electrons. The quantitative estimate of drug-likeness (QED) is 0.925. The van der Waals surface area contributed by atoms with Gasteiger partial charge < -0.3 is 5.11 Å². The second kappa shape index (κ2) is 6.23. The number of rotatable bonds is 4. The van der Waals surface area contributed by atoms with Crippen LogP contribution in [0.1, 0.15) is 41.3 Å². The molecule has 1 N–H and O–H groups in total. The fraction of sp³-hybridized carbons (Fsp3) is 0.400. The Balaban J connectivity index is 1.72. The number of aryl methyl sites for hydroxylation is 1. The van der Waals surface area contributed by atoms with Gasteiger partial charge in [-0.05, 0) is 37.1 Å². The Kier molecular flexibility index (Phi) is 4.32. The molecule has 22 heavy (non-hydrogen) atoms. The molecule has 3 atom stereocenters. The van der Waals surface area contributed by atoms with E-state index >= 15 is 0 Å². The van der Waals surface area contributed by atoms with Crippen molar-refractivity contribution < 1.29 is 5.11 Å². The fourth-order valence-corrected chi connectivity index (χ4v) is 3.63. The lowest BCUT2D eigenvalue weighted by Gasteiger charge is -2.29. The molecular weight excluding hydrogens is 270 g/mol. The van der Waals surface area contributed by atoms with Crippen molar-refractivity contribution in [2.75, 3.05) is 13.6 Å². The maximum atomic E-state index is 10.5. The third-order valence-corrected chi connectivity index (χ3v) is 4.98. The van der Waals surface area contributed by atoms with Crippen molar-refractivity contribution in [1.82, 2.24) is 4.90 Å². The third-order valence-electron chi connectivity index (χ3n) is 4.98. The number of aliphatic hydroxyl groups excluding tert-OH is 1. The van der Waals surface area contributed by atoms with E-state index in [4.69, 9.17) is 0 Å². The van der Waals surface area contributed by atoms with Gasteiger partial charge in [0.05, 0.1) is 6.10 Å². The van der Waals surface area contributed by atoms with Crippen molar-refractivity contribution in [2.45, 2.75) is 32.4 Å². The van der Waals surface area contributed by atoms with E-state index in [2.05, 4.69) is 68.3 Å². The maximum Gasteiger partial charge on any atom is 0.0837 e. The Labute approximate surface area is 133 Å². The zero-order valence-electron chi connectivity index (χ0n) is 13.7. The molecular formula is C20H25NO. The first-order chi connectivity index (χ1) is 10.6. The van der Waals surface area contributed by atoms with Crippen LogP contribution in [0.25, 0.3) is 0 Å². The second-order valence-electron chi connectivity index (χ2n) is 6.59. The number of hydrogen-bond acceptors (Lipinski definition) is 2. The summed E-state index contributed by atoms with van der Waals surface area (Å²) in [5.41, 5.74) is 5.06. The van der Waals surface area contributed by atoms with Gasteiger partial charge >= 0.3 is 0 Å². The average molecular weight is 295 g/mol. The van der Waals surface area contributed by atoms with E-state index in [9.17, 15) is 5.11 Å². The van der Waals surface area contributed by atoms with E-state index in [0.717, 1.165) is 18.5 Å². The Hall–Kier alpha value is -1.64. The van der Waals surface area contributed by atoms with Crippen molar-refractivity contribution in [1.29, 1.82) is 0 Å². The minimum absolute atomic E-state index is 0.236. The molecule has 0 spiro atoms. The van der Waals surface area contributed by atoms with Gasteiger partial charge in [0.25, 0.3) is 0 Å². The fourth-order valence-electron chi connectivity index (χ4n) is 3.63. The summed E-state index contributed by atoms with van der Waals surface area (Å²) in [6, 6.07) is 17.4. The number of aliphatic hydroxyl groups is 1. The monoisotopic (exact) mass is 295 g/mol. The molecule has 0 saturated carbocycles. The predicted molar refractivity (Wildman–Crippen MR) is 90.8 cm³/mol. The molecule has 0 heterocycles. The van der Waals surface area contributed by atoms with E-state index in [1.165, 1.54) is 16.7 Å². The van der Waals surface area contributed by atoms with Gasteiger partial charge in [-0.2, -0.15) is 0 Å². The number of benzene rings is 2. The smallest absolute Gasteiger partial charge is 0.0837 e. The zero-order valence-corrected chi connectivity index (χ0v) is 13.7. The van der Waals surface area contributed by atoms with Crippen molar-refractivity contribution in [3.63, 3.8) is 0 Å². The van der Waals surface area contributed by atoms with Gasteiger partial charge in [-0.3, -0.25) is 4.90 Å². The van der Waals surface area contributed by atoms with E-state index in [0.29, 0.717) is 6.04 Å². The summed E-state index contributed by atoms with van der Waals surface area (Å²) in [6.45, 7) is 5.27. The highest BCUT2D eigenvalue weighted by Crippen LogP contribution is 2.45. The standard InChI is InChI=1S/C20H25NO/c1-14-8-10-16(11-9-14)12-13-21(3)19-15(2)20(22)18-7-5-4-6-17(18)19/h4-11,15,19-20,22H,12-13H2,1-3H3. The Morgan fingerprint density at radius 2 is 1.64 bits per heavy atom. The Bertz CT molecular complexity index is 634. The van der Waals surface area contributed by atoms with Crippen LogP contribution in [0.4, 0.5) is 0 Å². The Morgan fingerprint density at radius 3 is 2.32 bits per heavy atom. The normalized spacial score (nSPS) is 23.8. The van der Waals surface area contributed by atoms with E-state index in [1.54, 1.807) is 0 Å². The molecule has 2 nitrogen and oxygen atoms in total. The van der Waals surface area contributed by atoms with Gasteiger partial charge in [-0.1, -0.05) is 61.0 Å². The molecule has 1 aliphatic rings. The molecule has 0 fully saturated rings. The average Bonchev–Trinajstić information content (AvgIpc) is 2.79. The number of likely N-dealkylation sites (N-methyl/N-ethyl adjacent to an activating group) is 1. The van der Waals surface area contributed by atoms with Crippen LogP contribution in [0.5, 0.6) is 0 Å². The topological polar surface area (TPSA) is 23.5 Å². The highest BCUT2D eigenvalue weighted by atomic mass is 16.3. The van der Waals surface area contributed by atoms with Crippen molar-refractivity contribution in [2.24, 2.45) is 5.92 Å². The van der Waals surface area contributed by atoms with Gasteiger partial charge in [0, 0.05) is 18.5 Å². The molecule has 0 aliphatic heterocycles. The van der Waals surface area contributed by atoms with Crippen LogP contribution in [0.2, 0.25) is 0 Å².